The molecule has 0 aliphatic carbocycles. The number of nitrogens with two attached hydrogens (primary N) is 2. The maximum atomic E-state index is 11.5. The van der Waals surface area contributed by atoms with E-state index in [2.05, 4.69) is 27.4 Å². The summed E-state index contributed by atoms with van der Waals surface area (Å²) in [7, 11) is 0. The molecule has 0 fully saturated rings. The lowest BCUT2D eigenvalue weighted by molar-refractivity contribution is 0.0994. The van der Waals surface area contributed by atoms with Gasteiger partial charge in [0.15, 0.2) is 5.69 Å². The first-order chi connectivity index (χ1) is 12.2. The van der Waals surface area contributed by atoms with Gasteiger partial charge >= 0.3 is 0 Å². The topological polar surface area (TPSA) is 107 Å². The highest BCUT2D eigenvalue weighted by atomic mass is 16.1. The van der Waals surface area contributed by atoms with E-state index in [1.165, 1.54) is 5.56 Å². The van der Waals surface area contributed by atoms with Crippen LogP contribution in [0.3, 0.4) is 0 Å². The van der Waals surface area contributed by atoms with Gasteiger partial charge in [0.25, 0.3) is 5.91 Å². The Kier molecular flexibility index (Phi) is 5.01. The average Bonchev–Trinajstić information content (AvgIpc) is 2.67. The Morgan fingerprint density at radius 3 is 2.60 bits per heavy atom. The molecule has 3 rings (SSSR count). The van der Waals surface area contributed by atoms with Crippen LogP contribution in [0, 0.1) is 0 Å². The lowest BCUT2D eigenvalue weighted by atomic mass is 10.1. The third-order valence-corrected chi connectivity index (χ3v) is 3.77. The average molecular weight is 333 g/mol. The second-order valence-electron chi connectivity index (χ2n) is 5.54. The third kappa shape index (κ3) is 3.99. The van der Waals surface area contributed by atoms with Gasteiger partial charge in [-0.15, -0.1) is 0 Å². The zero-order valence-corrected chi connectivity index (χ0v) is 13.6. The number of carbonyl (C=O) groups excluding carboxylic acids is 1. The van der Waals surface area contributed by atoms with E-state index in [1.807, 2.05) is 42.5 Å². The second kappa shape index (κ2) is 7.55. The SMILES string of the molecule is NCc1ncc(-c2cccc(NCc3ccccc3)c2)nc1C(N)=O. The maximum absolute atomic E-state index is 11.5. The fraction of sp³-hybridized carbons (Fsp3) is 0.105. The zero-order valence-electron chi connectivity index (χ0n) is 13.6. The normalized spacial score (nSPS) is 10.4. The van der Waals surface area contributed by atoms with Crippen molar-refractivity contribution in [1.29, 1.82) is 0 Å². The van der Waals surface area contributed by atoms with E-state index < -0.39 is 5.91 Å². The lowest BCUT2D eigenvalue weighted by Gasteiger charge is -2.10. The number of primary amides is 1. The summed E-state index contributed by atoms with van der Waals surface area (Å²) in [5.74, 6) is -0.631. The molecular weight excluding hydrogens is 314 g/mol. The third-order valence-electron chi connectivity index (χ3n) is 3.77. The summed E-state index contributed by atoms with van der Waals surface area (Å²) in [6, 6.07) is 17.9. The highest BCUT2D eigenvalue weighted by Gasteiger charge is 2.12. The number of aromatic nitrogens is 2. The van der Waals surface area contributed by atoms with Crippen LogP contribution >= 0.6 is 0 Å². The second-order valence-corrected chi connectivity index (χ2v) is 5.54. The molecule has 1 amide bonds. The number of nitrogens with zero attached hydrogens (tertiary/aromatic N) is 2. The van der Waals surface area contributed by atoms with Gasteiger partial charge in [-0.25, -0.2) is 4.98 Å². The molecular formula is C19H19N5O. The predicted octanol–water partition coefficient (Wildman–Crippen LogP) is 2.31. The van der Waals surface area contributed by atoms with E-state index >= 15 is 0 Å². The Bertz CT molecular complexity index is 880. The number of hydrogen-bond donors (Lipinski definition) is 3. The molecule has 0 saturated heterocycles. The minimum absolute atomic E-state index is 0.114. The Morgan fingerprint density at radius 1 is 1.08 bits per heavy atom. The van der Waals surface area contributed by atoms with E-state index in [0.29, 0.717) is 17.9 Å². The molecule has 25 heavy (non-hydrogen) atoms. The highest BCUT2D eigenvalue weighted by molar-refractivity contribution is 5.92. The molecule has 6 heteroatoms. The molecule has 0 aliphatic heterocycles. The maximum Gasteiger partial charge on any atom is 0.269 e. The molecule has 0 atom stereocenters. The molecule has 2 aromatic carbocycles. The predicted molar refractivity (Wildman–Crippen MR) is 97.6 cm³/mol. The number of anilines is 1. The fourth-order valence-corrected chi connectivity index (χ4v) is 2.49. The smallest absolute Gasteiger partial charge is 0.269 e. The summed E-state index contributed by atoms with van der Waals surface area (Å²) in [6.45, 7) is 0.832. The molecule has 0 aliphatic rings. The van der Waals surface area contributed by atoms with E-state index in [-0.39, 0.29) is 12.2 Å². The lowest BCUT2D eigenvalue weighted by Crippen LogP contribution is -2.19. The number of amides is 1. The van der Waals surface area contributed by atoms with Gasteiger partial charge in [-0.05, 0) is 17.7 Å². The van der Waals surface area contributed by atoms with Crippen molar-refractivity contribution in [3.8, 4) is 11.3 Å². The van der Waals surface area contributed by atoms with Crippen LogP contribution in [0.1, 0.15) is 21.7 Å². The Hall–Kier alpha value is -3.25. The summed E-state index contributed by atoms with van der Waals surface area (Å²) in [5, 5.41) is 3.37. The molecule has 6 nitrogen and oxygen atoms in total. The molecule has 1 aromatic heterocycles. The van der Waals surface area contributed by atoms with Crippen LogP contribution < -0.4 is 16.8 Å². The minimum Gasteiger partial charge on any atom is -0.381 e. The fourth-order valence-electron chi connectivity index (χ4n) is 2.49. The van der Waals surface area contributed by atoms with Crippen molar-refractivity contribution in [3.05, 3.63) is 77.7 Å². The first kappa shape index (κ1) is 16.6. The van der Waals surface area contributed by atoms with Crippen molar-refractivity contribution in [3.63, 3.8) is 0 Å². The number of benzene rings is 2. The van der Waals surface area contributed by atoms with Crippen molar-refractivity contribution in [1.82, 2.24) is 9.97 Å². The van der Waals surface area contributed by atoms with Gasteiger partial charge in [0.05, 0.1) is 17.6 Å². The quantitative estimate of drug-likeness (QED) is 0.642. The van der Waals surface area contributed by atoms with E-state index in [4.69, 9.17) is 11.5 Å². The molecule has 5 N–H and O–H groups in total. The van der Waals surface area contributed by atoms with Crippen LogP contribution in [0.25, 0.3) is 11.3 Å². The monoisotopic (exact) mass is 333 g/mol. The van der Waals surface area contributed by atoms with Crippen molar-refractivity contribution >= 4 is 11.6 Å². The van der Waals surface area contributed by atoms with Crippen molar-refractivity contribution in [2.75, 3.05) is 5.32 Å². The molecule has 0 unspecified atom stereocenters. The molecule has 0 radical (unpaired) electrons. The Labute approximate surface area is 145 Å². The van der Waals surface area contributed by atoms with Gasteiger partial charge in [-0.2, -0.15) is 0 Å². The summed E-state index contributed by atoms with van der Waals surface area (Å²) in [6.07, 6.45) is 1.60. The number of rotatable bonds is 6. The van der Waals surface area contributed by atoms with Gasteiger partial charge < -0.3 is 16.8 Å². The van der Waals surface area contributed by atoms with Gasteiger partial charge in [-0.3, -0.25) is 9.78 Å². The number of carbonyl (C=O) groups is 1. The molecule has 0 saturated carbocycles. The molecule has 1 heterocycles. The number of nitrogens with one attached hydrogen (secondary N) is 1. The van der Waals surface area contributed by atoms with Gasteiger partial charge in [0.2, 0.25) is 0 Å². The van der Waals surface area contributed by atoms with Crippen LogP contribution in [0.2, 0.25) is 0 Å². The molecule has 0 bridgehead atoms. The Morgan fingerprint density at radius 2 is 1.88 bits per heavy atom. The van der Waals surface area contributed by atoms with Gasteiger partial charge in [0, 0.05) is 24.3 Å². The first-order valence-corrected chi connectivity index (χ1v) is 7.91. The van der Waals surface area contributed by atoms with E-state index in [1.54, 1.807) is 6.20 Å². The van der Waals surface area contributed by atoms with E-state index in [0.717, 1.165) is 11.3 Å². The van der Waals surface area contributed by atoms with Crippen molar-refractivity contribution < 1.29 is 4.79 Å². The van der Waals surface area contributed by atoms with Gasteiger partial charge in [0.1, 0.15) is 0 Å². The van der Waals surface area contributed by atoms with Crippen molar-refractivity contribution in [2.45, 2.75) is 13.1 Å². The molecule has 126 valence electrons. The first-order valence-electron chi connectivity index (χ1n) is 7.91. The summed E-state index contributed by atoms with van der Waals surface area (Å²) < 4.78 is 0. The summed E-state index contributed by atoms with van der Waals surface area (Å²) >= 11 is 0. The van der Waals surface area contributed by atoms with Gasteiger partial charge in [-0.1, -0.05) is 42.5 Å². The van der Waals surface area contributed by atoms with Crippen LogP contribution in [0.5, 0.6) is 0 Å². The Balaban J connectivity index is 1.84. The standard InChI is InChI=1S/C19H19N5O/c20-10-16-18(19(21)25)24-17(12-23-16)14-7-4-8-15(9-14)22-11-13-5-2-1-3-6-13/h1-9,12,22H,10-11,20H2,(H2,21,25). The van der Waals surface area contributed by atoms with Crippen LogP contribution in [-0.2, 0) is 13.1 Å². The molecule has 0 spiro atoms. The summed E-state index contributed by atoms with van der Waals surface area (Å²) in [4.78, 5) is 20.1. The highest BCUT2D eigenvalue weighted by Crippen LogP contribution is 2.22. The van der Waals surface area contributed by atoms with Crippen molar-refractivity contribution in [2.24, 2.45) is 11.5 Å². The van der Waals surface area contributed by atoms with Crippen LogP contribution in [0.4, 0.5) is 5.69 Å². The number of hydrogen-bond acceptors (Lipinski definition) is 5. The largest absolute Gasteiger partial charge is 0.381 e. The molecule has 3 aromatic rings. The van der Waals surface area contributed by atoms with Crippen LogP contribution in [-0.4, -0.2) is 15.9 Å². The zero-order chi connectivity index (χ0) is 17.6. The van der Waals surface area contributed by atoms with E-state index in [9.17, 15) is 4.79 Å². The summed E-state index contributed by atoms with van der Waals surface area (Å²) in [5.41, 5.74) is 15.0. The van der Waals surface area contributed by atoms with Crippen LogP contribution in [0.15, 0.2) is 60.8 Å². The minimum atomic E-state index is -0.631.